The summed E-state index contributed by atoms with van der Waals surface area (Å²) < 4.78 is 11.1. The maximum Gasteiger partial charge on any atom is 0.136 e. The van der Waals surface area contributed by atoms with E-state index >= 15 is 0 Å². The molecule has 0 saturated heterocycles. The molecule has 2 N–H and O–H groups in total. The predicted octanol–water partition coefficient (Wildman–Crippen LogP) is 2.21. The van der Waals surface area contributed by atoms with Crippen molar-refractivity contribution < 1.29 is 9.47 Å². The van der Waals surface area contributed by atoms with Gasteiger partial charge >= 0.3 is 0 Å². The lowest BCUT2D eigenvalue weighted by Crippen LogP contribution is -2.25. The monoisotopic (exact) mass is 260 g/mol. The van der Waals surface area contributed by atoms with Crippen LogP contribution in [0.1, 0.15) is 30.4 Å². The molecule has 2 atom stereocenters. The summed E-state index contributed by atoms with van der Waals surface area (Å²) in [6, 6.07) is 7.71. The van der Waals surface area contributed by atoms with Gasteiger partial charge in [-0.05, 0) is 43.0 Å². The standard InChI is InChI=1S/C15H20N2O2/c1-18-14-6-5-11(7-13(14)9-17)10-19-15-4-2-3-12(15)8-16/h5-7,12,15H,2-4,8,10,16H2,1H3. The Hall–Kier alpha value is -1.57. The van der Waals surface area contributed by atoms with Crippen LogP contribution >= 0.6 is 0 Å². The van der Waals surface area contributed by atoms with Gasteiger partial charge in [-0.1, -0.05) is 12.5 Å². The maximum atomic E-state index is 9.05. The average molecular weight is 260 g/mol. The number of nitrogens with two attached hydrogens (primary N) is 1. The molecule has 4 nitrogen and oxygen atoms in total. The summed E-state index contributed by atoms with van der Waals surface area (Å²) in [5.74, 6) is 1.08. The van der Waals surface area contributed by atoms with Crippen LogP contribution in [0.5, 0.6) is 5.75 Å². The predicted molar refractivity (Wildman–Crippen MR) is 72.7 cm³/mol. The van der Waals surface area contributed by atoms with Gasteiger partial charge in [0.25, 0.3) is 0 Å². The van der Waals surface area contributed by atoms with E-state index in [1.165, 1.54) is 6.42 Å². The first kappa shape index (κ1) is 13.9. The molecule has 19 heavy (non-hydrogen) atoms. The second-order valence-electron chi connectivity index (χ2n) is 4.92. The number of benzene rings is 1. The van der Waals surface area contributed by atoms with Crippen LogP contribution in [0.4, 0.5) is 0 Å². The summed E-state index contributed by atoms with van der Waals surface area (Å²) in [5.41, 5.74) is 7.28. The molecule has 0 aromatic heterocycles. The molecule has 0 heterocycles. The van der Waals surface area contributed by atoms with E-state index in [9.17, 15) is 0 Å². The summed E-state index contributed by atoms with van der Waals surface area (Å²) in [7, 11) is 1.57. The molecule has 0 bridgehead atoms. The van der Waals surface area contributed by atoms with Gasteiger partial charge in [0, 0.05) is 0 Å². The first-order valence-corrected chi connectivity index (χ1v) is 6.67. The lowest BCUT2D eigenvalue weighted by atomic mass is 10.1. The van der Waals surface area contributed by atoms with Crippen LogP contribution in [0.25, 0.3) is 0 Å². The zero-order valence-corrected chi connectivity index (χ0v) is 11.3. The smallest absolute Gasteiger partial charge is 0.136 e. The quantitative estimate of drug-likeness (QED) is 0.881. The van der Waals surface area contributed by atoms with E-state index in [0.717, 1.165) is 18.4 Å². The van der Waals surface area contributed by atoms with Crippen molar-refractivity contribution in [3.63, 3.8) is 0 Å². The molecule has 0 aliphatic heterocycles. The fourth-order valence-electron chi connectivity index (χ4n) is 2.63. The SMILES string of the molecule is COc1ccc(COC2CCCC2CN)cc1C#N. The Balaban J connectivity index is 1.98. The third-order valence-corrected chi connectivity index (χ3v) is 3.74. The minimum Gasteiger partial charge on any atom is -0.495 e. The van der Waals surface area contributed by atoms with Crippen LogP contribution in [0.3, 0.4) is 0 Å². The molecule has 1 aromatic carbocycles. The van der Waals surface area contributed by atoms with Gasteiger partial charge in [-0.15, -0.1) is 0 Å². The van der Waals surface area contributed by atoms with Crippen molar-refractivity contribution >= 4 is 0 Å². The fourth-order valence-corrected chi connectivity index (χ4v) is 2.63. The van der Waals surface area contributed by atoms with Crippen LogP contribution in [0, 0.1) is 17.2 Å². The van der Waals surface area contributed by atoms with E-state index in [-0.39, 0.29) is 6.10 Å². The molecule has 2 unspecified atom stereocenters. The molecule has 0 radical (unpaired) electrons. The highest BCUT2D eigenvalue weighted by Crippen LogP contribution is 2.28. The van der Waals surface area contributed by atoms with E-state index < -0.39 is 0 Å². The van der Waals surface area contributed by atoms with Crippen molar-refractivity contribution in [3.8, 4) is 11.8 Å². The number of nitriles is 1. The largest absolute Gasteiger partial charge is 0.495 e. The topological polar surface area (TPSA) is 68.3 Å². The number of hydrogen-bond donors (Lipinski definition) is 1. The minimum atomic E-state index is 0.262. The third kappa shape index (κ3) is 3.25. The molecule has 1 aromatic rings. The van der Waals surface area contributed by atoms with Crippen LogP contribution in [0.15, 0.2) is 18.2 Å². The van der Waals surface area contributed by atoms with Gasteiger partial charge in [0.1, 0.15) is 11.8 Å². The molecule has 0 spiro atoms. The Morgan fingerprint density at radius 3 is 2.95 bits per heavy atom. The fraction of sp³-hybridized carbons (Fsp3) is 0.533. The number of methoxy groups -OCH3 is 1. The minimum absolute atomic E-state index is 0.262. The van der Waals surface area contributed by atoms with Crippen molar-refractivity contribution in [2.45, 2.75) is 32.0 Å². The van der Waals surface area contributed by atoms with Crippen LogP contribution in [-0.4, -0.2) is 19.8 Å². The lowest BCUT2D eigenvalue weighted by molar-refractivity contribution is 0.0182. The highest BCUT2D eigenvalue weighted by Gasteiger charge is 2.26. The maximum absolute atomic E-state index is 9.05. The summed E-state index contributed by atoms with van der Waals surface area (Å²) in [4.78, 5) is 0. The Morgan fingerprint density at radius 1 is 1.42 bits per heavy atom. The van der Waals surface area contributed by atoms with Crippen LogP contribution in [-0.2, 0) is 11.3 Å². The second-order valence-corrected chi connectivity index (χ2v) is 4.92. The Kier molecular flexibility index (Phi) is 4.78. The average Bonchev–Trinajstić information content (AvgIpc) is 2.92. The molecule has 0 amide bonds. The first-order chi connectivity index (χ1) is 9.28. The van der Waals surface area contributed by atoms with Gasteiger partial charge in [0.15, 0.2) is 0 Å². The van der Waals surface area contributed by atoms with Crippen molar-refractivity contribution in [3.05, 3.63) is 29.3 Å². The van der Waals surface area contributed by atoms with Crippen molar-refractivity contribution in [2.75, 3.05) is 13.7 Å². The summed E-state index contributed by atoms with van der Waals surface area (Å²) >= 11 is 0. The van der Waals surface area contributed by atoms with Crippen molar-refractivity contribution in [2.24, 2.45) is 11.7 Å². The van der Waals surface area contributed by atoms with E-state index in [0.29, 0.717) is 30.4 Å². The van der Waals surface area contributed by atoms with Crippen molar-refractivity contribution in [1.29, 1.82) is 5.26 Å². The van der Waals surface area contributed by atoms with Crippen LogP contribution < -0.4 is 10.5 Å². The Bertz CT molecular complexity index is 468. The summed E-state index contributed by atoms with van der Waals surface area (Å²) in [5, 5.41) is 9.05. The number of rotatable bonds is 5. The highest BCUT2D eigenvalue weighted by atomic mass is 16.5. The van der Waals surface area contributed by atoms with Gasteiger partial charge in [0.2, 0.25) is 0 Å². The number of ether oxygens (including phenoxy) is 2. The van der Waals surface area contributed by atoms with E-state index in [4.69, 9.17) is 20.5 Å². The zero-order valence-electron chi connectivity index (χ0n) is 11.3. The van der Waals surface area contributed by atoms with Gasteiger partial charge in [-0.2, -0.15) is 5.26 Å². The molecule has 1 aliphatic carbocycles. The summed E-state index contributed by atoms with van der Waals surface area (Å²) in [6.45, 7) is 1.22. The first-order valence-electron chi connectivity index (χ1n) is 6.67. The molecular formula is C15H20N2O2. The number of hydrogen-bond acceptors (Lipinski definition) is 4. The van der Waals surface area contributed by atoms with E-state index in [1.54, 1.807) is 7.11 Å². The molecule has 2 rings (SSSR count). The molecule has 102 valence electrons. The molecule has 1 saturated carbocycles. The third-order valence-electron chi connectivity index (χ3n) is 3.74. The van der Waals surface area contributed by atoms with Gasteiger partial charge in [0.05, 0.1) is 25.4 Å². The summed E-state index contributed by atoms with van der Waals surface area (Å²) in [6.07, 6.45) is 3.70. The zero-order chi connectivity index (χ0) is 13.7. The molecule has 4 heteroatoms. The highest BCUT2D eigenvalue weighted by molar-refractivity contribution is 5.45. The van der Waals surface area contributed by atoms with Crippen LogP contribution in [0.2, 0.25) is 0 Å². The van der Waals surface area contributed by atoms with E-state index in [2.05, 4.69) is 6.07 Å². The van der Waals surface area contributed by atoms with E-state index in [1.807, 2.05) is 18.2 Å². The number of nitrogens with zero attached hydrogens (tertiary/aromatic N) is 1. The van der Waals surface area contributed by atoms with Gasteiger partial charge in [-0.25, -0.2) is 0 Å². The van der Waals surface area contributed by atoms with Gasteiger partial charge in [-0.3, -0.25) is 0 Å². The van der Waals surface area contributed by atoms with Gasteiger partial charge < -0.3 is 15.2 Å². The molecule has 1 fully saturated rings. The molecular weight excluding hydrogens is 240 g/mol. The Morgan fingerprint density at radius 2 is 2.26 bits per heavy atom. The second kappa shape index (κ2) is 6.55. The lowest BCUT2D eigenvalue weighted by Gasteiger charge is -2.18. The Labute approximate surface area is 114 Å². The normalized spacial score (nSPS) is 22.2. The van der Waals surface area contributed by atoms with Crippen molar-refractivity contribution in [1.82, 2.24) is 0 Å². The molecule has 1 aliphatic rings.